The summed E-state index contributed by atoms with van der Waals surface area (Å²) in [4.78, 5) is 19.1. The van der Waals surface area contributed by atoms with Crippen LogP contribution in [-0.2, 0) is 17.8 Å². The smallest absolute Gasteiger partial charge is 0.231 e. The lowest BCUT2D eigenvalue weighted by Gasteiger charge is -2.23. The Labute approximate surface area is 174 Å². The van der Waals surface area contributed by atoms with Gasteiger partial charge < -0.3 is 4.90 Å². The highest BCUT2D eigenvalue weighted by Crippen LogP contribution is 2.25. The first kappa shape index (κ1) is 18.9. The van der Waals surface area contributed by atoms with Gasteiger partial charge in [-0.05, 0) is 47.0 Å². The van der Waals surface area contributed by atoms with Crippen molar-refractivity contribution in [3.8, 4) is 11.1 Å². The Kier molecular flexibility index (Phi) is 5.68. The van der Waals surface area contributed by atoms with Crippen LogP contribution in [0.3, 0.4) is 0 Å². The van der Waals surface area contributed by atoms with Crippen LogP contribution in [0.1, 0.15) is 11.1 Å². The summed E-state index contributed by atoms with van der Waals surface area (Å²) in [5.74, 6) is -0.00552. The van der Waals surface area contributed by atoms with Crippen LogP contribution in [0.2, 0.25) is 5.02 Å². The summed E-state index contributed by atoms with van der Waals surface area (Å²) in [6.07, 6.45) is 7.31. The molecule has 144 valence electrons. The molecule has 0 aliphatic carbocycles. The van der Waals surface area contributed by atoms with E-state index in [9.17, 15) is 4.79 Å². The summed E-state index contributed by atoms with van der Waals surface area (Å²) in [7, 11) is 0. The third kappa shape index (κ3) is 4.70. The number of carbonyl (C=O) groups is 1. The SMILES string of the molecule is O=C(Cc1cccnc1)N(Cc1cccc(Cl)c1)c1ccc(-c2cn[nH]c2)cc1. The third-order valence-electron chi connectivity index (χ3n) is 4.62. The van der Waals surface area contributed by atoms with Crippen LogP contribution in [0.25, 0.3) is 11.1 Å². The van der Waals surface area contributed by atoms with E-state index in [1.807, 2.05) is 66.9 Å². The van der Waals surface area contributed by atoms with E-state index in [2.05, 4.69) is 15.2 Å². The molecule has 0 radical (unpaired) electrons. The van der Waals surface area contributed by atoms with Gasteiger partial charge in [-0.25, -0.2) is 0 Å². The summed E-state index contributed by atoms with van der Waals surface area (Å²) >= 11 is 6.14. The number of halogens is 1. The highest BCUT2D eigenvalue weighted by molar-refractivity contribution is 6.30. The van der Waals surface area contributed by atoms with Crippen molar-refractivity contribution >= 4 is 23.2 Å². The molecule has 0 saturated heterocycles. The second-order valence-corrected chi connectivity index (χ2v) is 7.12. The van der Waals surface area contributed by atoms with Gasteiger partial charge in [-0.2, -0.15) is 5.10 Å². The predicted molar refractivity (Wildman–Crippen MR) is 115 cm³/mol. The van der Waals surface area contributed by atoms with Crippen LogP contribution < -0.4 is 4.90 Å². The Bertz CT molecular complexity index is 1080. The Balaban J connectivity index is 1.62. The van der Waals surface area contributed by atoms with Crippen molar-refractivity contribution in [3.63, 3.8) is 0 Å². The van der Waals surface area contributed by atoms with Gasteiger partial charge in [0.25, 0.3) is 0 Å². The minimum atomic E-state index is -0.00552. The fourth-order valence-corrected chi connectivity index (χ4v) is 3.37. The summed E-state index contributed by atoms with van der Waals surface area (Å²) < 4.78 is 0. The highest BCUT2D eigenvalue weighted by atomic mass is 35.5. The molecule has 0 spiro atoms. The summed E-state index contributed by atoms with van der Waals surface area (Å²) in [5.41, 5.74) is 4.70. The number of hydrogen-bond donors (Lipinski definition) is 1. The van der Waals surface area contributed by atoms with Crippen LogP contribution in [0.5, 0.6) is 0 Å². The second kappa shape index (κ2) is 8.71. The number of pyridine rings is 1. The number of H-pyrrole nitrogens is 1. The number of aromatic amines is 1. The van der Waals surface area contributed by atoms with E-state index in [4.69, 9.17) is 11.6 Å². The van der Waals surface area contributed by atoms with Gasteiger partial charge in [0.05, 0.1) is 19.2 Å². The van der Waals surface area contributed by atoms with Crippen LogP contribution >= 0.6 is 11.6 Å². The number of nitrogens with zero attached hydrogens (tertiary/aromatic N) is 3. The van der Waals surface area contributed by atoms with Gasteiger partial charge in [-0.3, -0.25) is 14.9 Å². The molecule has 2 heterocycles. The minimum absolute atomic E-state index is 0.00552. The molecule has 4 aromatic rings. The molecule has 6 heteroatoms. The number of amides is 1. The molecule has 0 aliphatic heterocycles. The van der Waals surface area contributed by atoms with Crippen LogP contribution in [-0.4, -0.2) is 21.1 Å². The molecule has 5 nitrogen and oxygen atoms in total. The molecular weight excluding hydrogens is 384 g/mol. The van der Waals surface area contributed by atoms with Crippen LogP contribution in [0.15, 0.2) is 85.5 Å². The first-order valence-electron chi connectivity index (χ1n) is 9.22. The van der Waals surface area contributed by atoms with Gasteiger partial charge in [-0.15, -0.1) is 0 Å². The van der Waals surface area contributed by atoms with Crippen molar-refractivity contribution in [2.24, 2.45) is 0 Å². The molecule has 0 fully saturated rings. The quantitative estimate of drug-likeness (QED) is 0.499. The lowest BCUT2D eigenvalue weighted by atomic mass is 10.1. The largest absolute Gasteiger partial charge is 0.308 e. The zero-order valence-corrected chi connectivity index (χ0v) is 16.4. The standard InChI is InChI=1S/C23H19ClN4O/c24-21-5-1-3-18(11-21)16-28(23(29)12-17-4-2-10-25-13-17)22-8-6-19(7-9-22)20-14-26-27-15-20/h1-11,13-15H,12,16H2,(H,26,27). The number of rotatable bonds is 6. The average molecular weight is 403 g/mol. The van der Waals surface area contributed by atoms with Crippen molar-refractivity contribution < 1.29 is 4.79 Å². The molecule has 0 unspecified atom stereocenters. The molecule has 0 aliphatic rings. The minimum Gasteiger partial charge on any atom is -0.308 e. The fraction of sp³-hybridized carbons (Fsp3) is 0.0870. The molecule has 2 aromatic carbocycles. The van der Waals surface area contributed by atoms with Gasteiger partial charge in [0.15, 0.2) is 0 Å². The molecule has 4 rings (SSSR count). The number of benzene rings is 2. The summed E-state index contributed by atoms with van der Waals surface area (Å²) in [6, 6.07) is 19.2. The molecule has 1 N–H and O–H groups in total. The first-order valence-corrected chi connectivity index (χ1v) is 9.60. The second-order valence-electron chi connectivity index (χ2n) is 6.68. The first-order chi connectivity index (χ1) is 14.2. The zero-order chi connectivity index (χ0) is 20.1. The maximum Gasteiger partial charge on any atom is 0.231 e. The monoisotopic (exact) mass is 402 g/mol. The van der Waals surface area contributed by atoms with Crippen LogP contribution in [0.4, 0.5) is 5.69 Å². The molecule has 0 bridgehead atoms. The number of aromatic nitrogens is 3. The van der Waals surface area contributed by atoms with E-state index in [1.165, 1.54) is 0 Å². The van der Waals surface area contributed by atoms with Gasteiger partial charge in [0.1, 0.15) is 0 Å². The van der Waals surface area contributed by atoms with Gasteiger partial charge in [0, 0.05) is 34.9 Å². The Morgan fingerprint density at radius 3 is 2.48 bits per heavy atom. The Morgan fingerprint density at radius 1 is 0.966 bits per heavy atom. The number of hydrogen-bond acceptors (Lipinski definition) is 3. The normalized spacial score (nSPS) is 10.7. The van der Waals surface area contributed by atoms with Crippen molar-refractivity contribution in [2.75, 3.05) is 4.90 Å². The maximum absolute atomic E-state index is 13.2. The molecule has 29 heavy (non-hydrogen) atoms. The van der Waals surface area contributed by atoms with E-state index < -0.39 is 0 Å². The van der Waals surface area contributed by atoms with Gasteiger partial charge in [0.2, 0.25) is 5.91 Å². The summed E-state index contributed by atoms with van der Waals surface area (Å²) in [5, 5.41) is 7.45. The zero-order valence-electron chi connectivity index (χ0n) is 15.6. The molecule has 1 amide bonds. The lowest BCUT2D eigenvalue weighted by molar-refractivity contribution is -0.118. The number of anilines is 1. The number of nitrogens with one attached hydrogen (secondary N) is 1. The topological polar surface area (TPSA) is 61.9 Å². The van der Waals surface area contributed by atoms with Crippen molar-refractivity contribution in [1.29, 1.82) is 0 Å². The summed E-state index contributed by atoms with van der Waals surface area (Å²) in [6.45, 7) is 0.435. The van der Waals surface area contributed by atoms with Crippen molar-refractivity contribution in [3.05, 3.63) is 102 Å². The van der Waals surface area contributed by atoms with E-state index in [0.717, 1.165) is 27.9 Å². The van der Waals surface area contributed by atoms with E-state index in [-0.39, 0.29) is 12.3 Å². The number of carbonyl (C=O) groups excluding carboxylic acids is 1. The van der Waals surface area contributed by atoms with E-state index >= 15 is 0 Å². The molecular formula is C23H19ClN4O. The Morgan fingerprint density at radius 2 is 1.79 bits per heavy atom. The van der Waals surface area contributed by atoms with E-state index in [0.29, 0.717) is 11.6 Å². The van der Waals surface area contributed by atoms with Crippen molar-refractivity contribution in [2.45, 2.75) is 13.0 Å². The van der Waals surface area contributed by atoms with Gasteiger partial charge >= 0.3 is 0 Å². The molecule has 2 aromatic heterocycles. The lowest BCUT2D eigenvalue weighted by Crippen LogP contribution is -2.31. The average Bonchev–Trinajstić information content (AvgIpc) is 3.28. The van der Waals surface area contributed by atoms with Crippen LogP contribution in [0, 0.1) is 0 Å². The fourth-order valence-electron chi connectivity index (χ4n) is 3.16. The maximum atomic E-state index is 13.2. The third-order valence-corrected chi connectivity index (χ3v) is 4.85. The van der Waals surface area contributed by atoms with Crippen molar-refractivity contribution in [1.82, 2.24) is 15.2 Å². The molecule has 0 saturated carbocycles. The molecule has 0 atom stereocenters. The van der Waals surface area contributed by atoms with E-state index in [1.54, 1.807) is 23.5 Å². The predicted octanol–water partition coefficient (Wildman–Crippen LogP) is 4.90. The Hall–Kier alpha value is -3.44. The van der Waals surface area contributed by atoms with Gasteiger partial charge in [-0.1, -0.05) is 41.9 Å². The highest BCUT2D eigenvalue weighted by Gasteiger charge is 2.17.